The Hall–Kier alpha value is -1.56. The van der Waals surface area contributed by atoms with Crippen molar-refractivity contribution in [2.45, 2.75) is 176 Å². The third-order valence-corrected chi connectivity index (χ3v) is 15.1. The van der Waals surface area contributed by atoms with Crippen LogP contribution in [0.5, 0.6) is 0 Å². The molecule has 0 aromatic carbocycles. The standard InChI is InChI=1S/C43H68O10/c1-23-13-18-43(49-21-23)24(2)32-30(53-43)20-29-27-12-11-25-19-26(14-16-41(25,9)28(27)15-17-42(29,32)10)50-36-34(45)35(52-38(47)40(6,7)8)33(44)31(51-36)22-48-37(46)39(3,4)5/h11,23-24,26-36,44-45H,12-22H2,1-10H3/t23-,24+,26+,27-,28+,29+,30+,31-,32+,33-,34-,35+,36-,41+,42+,43-/m1/s1. The first kappa shape index (κ1) is 39.7. The lowest BCUT2D eigenvalue weighted by Gasteiger charge is -2.58. The topological polar surface area (TPSA) is 130 Å². The molecule has 3 aliphatic heterocycles. The highest BCUT2D eigenvalue weighted by Gasteiger charge is 2.68. The van der Waals surface area contributed by atoms with Gasteiger partial charge >= 0.3 is 11.9 Å². The van der Waals surface area contributed by atoms with E-state index < -0.39 is 59.3 Å². The van der Waals surface area contributed by atoms with Gasteiger partial charge in [0.2, 0.25) is 0 Å². The lowest BCUT2D eigenvalue weighted by atomic mass is 9.47. The van der Waals surface area contributed by atoms with Gasteiger partial charge in [0.05, 0.1) is 29.6 Å². The lowest BCUT2D eigenvalue weighted by Crippen LogP contribution is -2.62. The molecule has 16 atom stereocenters. The maximum Gasteiger partial charge on any atom is 0.311 e. The Morgan fingerprint density at radius 1 is 0.925 bits per heavy atom. The number of rotatable bonds is 5. The molecular formula is C43H68O10. The van der Waals surface area contributed by atoms with E-state index >= 15 is 0 Å². The average molecular weight is 745 g/mol. The predicted molar refractivity (Wildman–Crippen MR) is 197 cm³/mol. The molecule has 3 heterocycles. The van der Waals surface area contributed by atoms with Gasteiger partial charge in [0.25, 0.3) is 0 Å². The van der Waals surface area contributed by atoms with Crippen molar-refractivity contribution in [3.05, 3.63) is 11.6 Å². The molecule has 3 saturated heterocycles. The second-order valence-electron chi connectivity index (χ2n) is 20.8. The van der Waals surface area contributed by atoms with Crippen LogP contribution >= 0.6 is 0 Å². The van der Waals surface area contributed by atoms with E-state index in [9.17, 15) is 19.8 Å². The first-order valence-electron chi connectivity index (χ1n) is 20.7. The van der Waals surface area contributed by atoms with Crippen molar-refractivity contribution in [2.75, 3.05) is 13.2 Å². The zero-order valence-electron chi connectivity index (χ0n) is 34.0. The lowest BCUT2D eigenvalue weighted by molar-refractivity contribution is -0.316. The van der Waals surface area contributed by atoms with Crippen molar-refractivity contribution in [1.82, 2.24) is 0 Å². The number of allylic oxidation sites excluding steroid dienone is 1. The summed E-state index contributed by atoms with van der Waals surface area (Å²) >= 11 is 0. The van der Waals surface area contributed by atoms with Gasteiger partial charge < -0.3 is 38.6 Å². The summed E-state index contributed by atoms with van der Waals surface area (Å²) in [7, 11) is 0. The molecule has 0 amide bonds. The van der Waals surface area contributed by atoms with Crippen LogP contribution in [0.4, 0.5) is 0 Å². The third-order valence-electron chi connectivity index (χ3n) is 15.1. The van der Waals surface area contributed by atoms with E-state index in [0.717, 1.165) is 45.1 Å². The number of aliphatic hydroxyl groups excluding tert-OH is 2. The number of carbonyl (C=O) groups is 2. The quantitative estimate of drug-likeness (QED) is 0.231. The van der Waals surface area contributed by atoms with Crippen molar-refractivity contribution >= 4 is 11.9 Å². The number of ether oxygens (including phenoxy) is 6. The molecule has 1 spiro atoms. The molecule has 300 valence electrons. The minimum absolute atomic E-state index is 0.0782. The number of fused-ring (bicyclic) bond motifs is 7. The molecule has 53 heavy (non-hydrogen) atoms. The molecule has 3 saturated carbocycles. The Labute approximate surface area is 317 Å². The molecule has 7 rings (SSSR count). The van der Waals surface area contributed by atoms with Gasteiger partial charge in [0.15, 0.2) is 18.2 Å². The summed E-state index contributed by atoms with van der Waals surface area (Å²) in [6, 6.07) is 0. The minimum Gasteiger partial charge on any atom is -0.462 e. The van der Waals surface area contributed by atoms with Gasteiger partial charge in [-0.3, -0.25) is 9.59 Å². The fourth-order valence-electron chi connectivity index (χ4n) is 11.9. The average Bonchev–Trinajstić information content (AvgIpc) is 3.53. The molecule has 0 unspecified atom stereocenters. The second kappa shape index (κ2) is 13.8. The molecule has 0 radical (unpaired) electrons. The summed E-state index contributed by atoms with van der Waals surface area (Å²) in [4.78, 5) is 25.6. The molecule has 10 nitrogen and oxygen atoms in total. The first-order valence-corrected chi connectivity index (χ1v) is 20.7. The number of esters is 2. The second-order valence-corrected chi connectivity index (χ2v) is 20.8. The van der Waals surface area contributed by atoms with Gasteiger partial charge in [0.1, 0.15) is 24.9 Å². The summed E-state index contributed by atoms with van der Waals surface area (Å²) in [5, 5.41) is 22.7. The molecule has 0 bridgehead atoms. The number of carbonyl (C=O) groups excluding carboxylic acids is 2. The van der Waals surface area contributed by atoms with Crippen LogP contribution in [-0.4, -0.2) is 84.1 Å². The summed E-state index contributed by atoms with van der Waals surface area (Å²) in [5.74, 6) is 2.01. The molecule has 2 N–H and O–H groups in total. The zero-order valence-corrected chi connectivity index (χ0v) is 34.0. The Kier molecular flexibility index (Phi) is 10.3. The Bertz CT molecular complexity index is 1420. The SMILES string of the molecule is C[C@@H]1CC[C@@]2(OC1)O[C@H]1C[C@H]3[C@@H]4CC=C5C[C@@H](O[C@@H]6O[C@H](COC(=O)C(C)(C)C)[C@@H](O)[C@H](OC(=O)C(C)(C)C)[C@H]6O)CC[C@]5(C)[C@H]4CC[C@]3(C)[C@H]1[C@@H]2C. The van der Waals surface area contributed by atoms with Gasteiger partial charge in [-0.25, -0.2) is 0 Å². The van der Waals surface area contributed by atoms with E-state index in [1.165, 1.54) is 24.8 Å². The van der Waals surface area contributed by atoms with Gasteiger partial charge in [-0.15, -0.1) is 0 Å². The summed E-state index contributed by atoms with van der Waals surface area (Å²) in [6.07, 6.45) is 5.54. The maximum atomic E-state index is 12.9. The van der Waals surface area contributed by atoms with E-state index in [0.29, 0.717) is 35.5 Å². The van der Waals surface area contributed by atoms with Crippen LogP contribution in [0.2, 0.25) is 0 Å². The Morgan fingerprint density at radius 2 is 1.64 bits per heavy atom. The highest BCUT2D eigenvalue weighted by molar-refractivity contribution is 5.76. The number of hydrogen-bond acceptors (Lipinski definition) is 10. The van der Waals surface area contributed by atoms with Gasteiger partial charge in [-0.2, -0.15) is 0 Å². The van der Waals surface area contributed by atoms with Crippen LogP contribution in [0.25, 0.3) is 0 Å². The molecule has 0 aromatic heterocycles. The fraction of sp³-hybridized carbons (Fsp3) is 0.907. The van der Waals surface area contributed by atoms with Gasteiger partial charge in [0, 0.05) is 12.3 Å². The first-order chi connectivity index (χ1) is 24.7. The zero-order chi connectivity index (χ0) is 38.5. The largest absolute Gasteiger partial charge is 0.462 e. The molecule has 4 aliphatic carbocycles. The van der Waals surface area contributed by atoms with Crippen molar-refractivity contribution in [3.8, 4) is 0 Å². The molecule has 7 aliphatic rings. The van der Waals surface area contributed by atoms with E-state index in [-0.39, 0.29) is 29.6 Å². The van der Waals surface area contributed by atoms with E-state index in [1.807, 2.05) is 0 Å². The number of hydrogen-bond donors (Lipinski definition) is 2. The Balaban J connectivity index is 1.04. The summed E-state index contributed by atoms with van der Waals surface area (Å²) in [6.45, 7) is 20.7. The predicted octanol–water partition coefficient (Wildman–Crippen LogP) is 6.73. The normalized spacial score (nSPS) is 48.2. The van der Waals surface area contributed by atoms with Crippen LogP contribution < -0.4 is 0 Å². The van der Waals surface area contributed by atoms with Crippen LogP contribution in [0, 0.1) is 57.2 Å². The molecule has 10 heteroatoms. The minimum atomic E-state index is -1.42. The highest BCUT2D eigenvalue weighted by Crippen LogP contribution is 2.70. The van der Waals surface area contributed by atoms with Crippen molar-refractivity contribution in [2.24, 2.45) is 57.2 Å². The highest BCUT2D eigenvalue weighted by atomic mass is 16.7. The van der Waals surface area contributed by atoms with E-state index in [4.69, 9.17) is 28.4 Å². The van der Waals surface area contributed by atoms with Crippen LogP contribution in [0.15, 0.2) is 11.6 Å². The van der Waals surface area contributed by atoms with Gasteiger partial charge in [-0.05, 0) is 133 Å². The fourth-order valence-corrected chi connectivity index (χ4v) is 11.9. The van der Waals surface area contributed by atoms with E-state index in [1.54, 1.807) is 41.5 Å². The summed E-state index contributed by atoms with van der Waals surface area (Å²) in [5.41, 5.74) is 0.162. The molecular weight excluding hydrogens is 676 g/mol. The van der Waals surface area contributed by atoms with Crippen molar-refractivity contribution < 1.29 is 48.2 Å². The summed E-state index contributed by atoms with van der Waals surface area (Å²) < 4.78 is 37.4. The van der Waals surface area contributed by atoms with Crippen molar-refractivity contribution in [3.63, 3.8) is 0 Å². The number of aliphatic hydroxyl groups is 2. The smallest absolute Gasteiger partial charge is 0.311 e. The molecule has 6 fully saturated rings. The van der Waals surface area contributed by atoms with Crippen molar-refractivity contribution in [1.29, 1.82) is 0 Å². The third kappa shape index (κ3) is 6.85. The monoisotopic (exact) mass is 744 g/mol. The van der Waals surface area contributed by atoms with Crippen LogP contribution in [0.1, 0.15) is 127 Å². The maximum absolute atomic E-state index is 12.9. The molecule has 0 aromatic rings. The Morgan fingerprint density at radius 3 is 2.30 bits per heavy atom. The van der Waals surface area contributed by atoms with Crippen LogP contribution in [-0.2, 0) is 38.0 Å². The van der Waals surface area contributed by atoms with Gasteiger partial charge in [-0.1, -0.05) is 39.3 Å². The van der Waals surface area contributed by atoms with Crippen LogP contribution in [0.3, 0.4) is 0 Å². The van der Waals surface area contributed by atoms with E-state index in [2.05, 4.69) is 33.8 Å².